The monoisotopic (exact) mass is 434 g/mol. The van der Waals surface area contributed by atoms with Gasteiger partial charge in [0, 0.05) is 11.6 Å². The van der Waals surface area contributed by atoms with Crippen molar-refractivity contribution >= 4 is 15.7 Å². The number of rotatable bonds is 6. The van der Waals surface area contributed by atoms with Crippen LogP contribution in [0.3, 0.4) is 0 Å². The highest BCUT2D eigenvalue weighted by Crippen LogP contribution is 2.28. The van der Waals surface area contributed by atoms with Crippen molar-refractivity contribution in [1.29, 1.82) is 0 Å². The van der Waals surface area contributed by atoms with Gasteiger partial charge in [-0.15, -0.1) is 0 Å². The lowest BCUT2D eigenvalue weighted by molar-refractivity contribution is -0.917. The number of phenols is 1. The highest BCUT2D eigenvalue weighted by Gasteiger charge is 2.35. The Kier molecular flexibility index (Phi) is 6.44. The van der Waals surface area contributed by atoms with Gasteiger partial charge in [-0.25, -0.2) is 8.42 Å². The van der Waals surface area contributed by atoms with E-state index in [1.54, 1.807) is 6.07 Å². The fourth-order valence-corrected chi connectivity index (χ4v) is 5.57. The SMILES string of the molecule is Cc1cc(O)c(C[NH+]2CCN(S(=O)(=O)c3ccccc3[N+](=O)[O-])CC2)cc1C(C)C. The van der Waals surface area contributed by atoms with E-state index in [1.165, 1.54) is 34.1 Å². The van der Waals surface area contributed by atoms with Crippen molar-refractivity contribution in [3.8, 4) is 5.75 Å². The minimum absolute atomic E-state index is 0.263. The van der Waals surface area contributed by atoms with Crippen molar-refractivity contribution in [2.45, 2.75) is 38.1 Å². The number of hydrogen-bond acceptors (Lipinski definition) is 5. The molecule has 0 aliphatic carbocycles. The third-order valence-electron chi connectivity index (χ3n) is 5.64. The first-order chi connectivity index (χ1) is 14.1. The number of phenolic OH excluding ortho intramolecular Hbond substituents is 1. The largest absolute Gasteiger partial charge is 0.507 e. The van der Waals surface area contributed by atoms with Crippen molar-refractivity contribution < 1.29 is 23.3 Å². The topological polar surface area (TPSA) is 105 Å². The number of nitrogens with zero attached hydrogens (tertiary/aromatic N) is 2. The Labute approximate surface area is 176 Å². The summed E-state index contributed by atoms with van der Waals surface area (Å²) >= 11 is 0. The highest BCUT2D eigenvalue weighted by atomic mass is 32.2. The van der Waals surface area contributed by atoms with Crippen LogP contribution in [-0.2, 0) is 16.6 Å². The number of hydrogen-bond donors (Lipinski definition) is 2. The van der Waals surface area contributed by atoms with Crippen molar-refractivity contribution in [1.82, 2.24) is 4.31 Å². The molecule has 0 unspecified atom stereocenters. The second-order valence-corrected chi connectivity index (χ2v) is 9.95. The number of nitro groups is 1. The molecule has 1 fully saturated rings. The number of nitrogens with one attached hydrogen (secondary N) is 1. The summed E-state index contributed by atoms with van der Waals surface area (Å²) in [5.74, 6) is 0.613. The van der Waals surface area contributed by atoms with Crippen LogP contribution in [0.25, 0.3) is 0 Å². The van der Waals surface area contributed by atoms with Gasteiger partial charge in [-0.1, -0.05) is 26.0 Å². The van der Waals surface area contributed by atoms with Gasteiger partial charge in [0.1, 0.15) is 12.3 Å². The lowest BCUT2D eigenvalue weighted by atomic mass is 9.95. The first kappa shape index (κ1) is 22.2. The van der Waals surface area contributed by atoms with E-state index in [1.807, 2.05) is 13.0 Å². The lowest BCUT2D eigenvalue weighted by Crippen LogP contribution is -3.13. The molecule has 0 saturated carbocycles. The Morgan fingerprint density at radius 1 is 1.20 bits per heavy atom. The molecule has 1 aliphatic rings. The van der Waals surface area contributed by atoms with Crippen LogP contribution < -0.4 is 4.90 Å². The van der Waals surface area contributed by atoms with Crippen LogP contribution >= 0.6 is 0 Å². The van der Waals surface area contributed by atoms with Gasteiger partial charge < -0.3 is 10.0 Å². The summed E-state index contributed by atoms with van der Waals surface area (Å²) in [6.45, 7) is 8.48. The van der Waals surface area contributed by atoms with Gasteiger partial charge in [-0.05, 0) is 42.2 Å². The van der Waals surface area contributed by atoms with E-state index < -0.39 is 20.6 Å². The summed E-state index contributed by atoms with van der Waals surface area (Å²) in [6, 6.07) is 9.27. The Morgan fingerprint density at radius 2 is 1.83 bits per heavy atom. The molecule has 1 aliphatic heterocycles. The molecule has 0 radical (unpaired) electrons. The Morgan fingerprint density at radius 3 is 2.43 bits per heavy atom. The van der Waals surface area contributed by atoms with Crippen molar-refractivity contribution in [2.24, 2.45) is 0 Å². The van der Waals surface area contributed by atoms with Crippen LogP contribution in [-0.4, -0.2) is 48.9 Å². The molecule has 30 heavy (non-hydrogen) atoms. The predicted molar refractivity (Wildman–Crippen MR) is 113 cm³/mol. The summed E-state index contributed by atoms with van der Waals surface area (Å²) in [5, 5.41) is 21.6. The summed E-state index contributed by atoms with van der Waals surface area (Å²) in [5.41, 5.74) is 2.70. The lowest BCUT2D eigenvalue weighted by Gasteiger charge is -2.31. The van der Waals surface area contributed by atoms with Crippen LogP contribution in [0.15, 0.2) is 41.3 Å². The normalized spacial score (nSPS) is 16.1. The second kappa shape index (κ2) is 8.71. The quantitative estimate of drug-likeness (QED) is 0.533. The standard InChI is InChI=1S/C21H27N3O5S/c1-15(2)18-13-17(20(25)12-16(18)3)14-22-8-10-23(11-9-22)30(28,29)21-7-5-4-6-19(21)24(26)27/h4-7,12-13,15,25H,8-11,14H2,1-3H3/p+1. The second-order valence-electron chi connectivity index (χ2n) is 8.05. The van der Waals surface area contributed by atoms with Gasteiger partial charge in [0.15, 0.2) is 4.90 Å². The molecule has 2 aromatic carbocycles. The first-order valence-corrected chi connectivity index (χ1v) is 11.4. The molecule has 0 amide bonds. The van der Waals surface area contributed by atoms with Gasteiger partial charge in [-0.3, -0.25) is 10.1 Å². The zero-order chi connectivity index (χ0) is 22.1. The van der Waals surface area contributed by atoms with Crippen LogP contribution in [0.1, 0.15) is 36.5 Å². The van der Waals surface area contributed by atoms with E-state index in [0.717, 1.165) is 16.0 Å². The molecule has 8 nitrogen and oxygen atoms in total. The van der Waals surface area contributed by atoms with E-state index in [2.05, 4.69) is 13.8 Å². The molecule has 2 N–H and O–H groups in total. The maximum Gasteiger partial charge on any atom is 0.289 e. The van der Waals surface area contributed by atoms with Gasteiger partial charge in [0.05, 0.1) is 31.1 Å². The molecule has 0 spiro atoms. The number of aromatic hydroxyl groups is 1. The van der Waals surface area contributed by atoms with Gasteiger partial charge >= 0.3 is 0 Å². The fraction of sp³-hybridized carbons (Fsp3) is 0.429. The molecule has 0 bridgehead atoms. The first-order valence-electron chi connectivity index (χ1n) is 10.0. The van der Waals surface area contributed by atoms with Crippen molar-refractivity contribution in [3.05, 3.63) is 63.2 Å². The predicted octanol–water partition coefficient (Wildman–Crippen LogP) is 1.82. The third-order valence-corrected chi connectivity index (χ3v) is 7.59. The number of aryl methyl sites for hydroxylation is 1. The summed E-state index contributed by atoms with van der Waals surface area (Å²) in [6.07, 6.45) is 0. The van der Waals surface area contributed by atoms with Crippen LogP contribution in [0.4, 0.5) is 5.69 Å². The Hall–Kier alpha value is -2.49. The van der Waals surface area contributed by atoms with Crippen LogP contribution in [0.2, 0.25) is 0 Å². The van der Waals surface area contributed by atoms with E-state index in [-0.39, 0.29) is 23.7 Å². The number of benzene rings is 2. The third kappa shape index (κ3) is 4.48. The Balaban J connectivity index is 1.73. The number of nitro benzene ring substituents is 1. The minimum atomic E-state index is -3.94. The summed E-state index contributed by atoms with van der Waals surface area (Å²) in [4.78, 5) is 11.5. The van der Waals surface area contributed by atoms with E-state index in [4.69, 9.17) is 0 Å². The molecule has 0 aromatic heterocycles. The van der Waals surface area contributed by atoms with Crippen LogP contribution in [0.5, 0.6) is 5.75 Å². The highest BCUT2D eigenvalue weighted by molar-refractivity contribution is 7.89. The maximum absolute atomic E-state index is 13.0. The molecular weight excluding hydrogens is 406 g/mol. The number of quaternary nitrogens is 1. The van der Waals surface area contributed by atoms with Gasteiger partial charge in [0.25, 0.3) is 5.69 Å². The molecule has 2 aromatic rings. The van der Waals surface area contributed by atoms with Crippen molar-refractivity contribution in [3.63, 3.8) is 0 Å². The maximum atomic E-state index is 13.0. The number of para-hydroxylation sites is 1. The van der Waals surface area contributed by atoms with E-state index >= 15 is 0 Å². The number of piperazine rings is 1. The zero-order valence-electron chi connectivity index (χ0n) is 17.5. The van der Waals surface area contributed by atoms with E-state index in [9.17, 15) is 23.6 Å². The molecule has 1 saturated heterocycles. The average molecular weight is 435 g/mol. The summed E-state index contributed by atoms with van der Waals surface area (Å²) in [7, 11) is -3.94. The number of sulfonamides is 1. The minimum Gasteiger partial charge on any atom is -0.507 e. The smallest absolute Gasteiger partial charge is 0.289 e. The zero-order valence-corrected chi connectivity index (χ0v) is 18.3. The molecule has 1 heterocycles. The molecular formula is C21H28N3O5S+. The molecule has 3 rings (SSSR count). The summed E-state index contributed by atoms with van der Waals surface area (Å²) < 4.78 is 27.2. The molecule has 9 heteroatoms. The van der Waals surface area contributed by atoms with Gasteiger partial charge in [-0.2, -0.15) is 4.31 Å². The van der Waals surface area contributed by atoms with Crippen LogP contribution in [0, 0.1) is 17.0 Å². The van der Waals surface area contributed by atoms with Gasteiger partial charge in [0.2, 0.25) is 10.0 Å². The Bertz CT molecular complexity index is 1040. The van der Waals surface area contributed by atoms with E-state index in [0.29, 0.717) is 25.6 Å². The molecule has 0 atom stereocenters. The van der Waals surface area contributed by atoms with Crippen molar-refractivity contribution in [2.75, 3.05) is 26.2 Å². The fourth-order valence-electron chi connectivity index (χ4n) is 3.97. The molecule has 162 valence electrons. The average Bonchev–Trinajstić information content (AvgIpc) is 2.70.